The summed E-state index contributed by atoms with van der Waals surface area (Å²) in [6, 6.07) is 4.02. The smallest absolute Gasteiger partial charge is 0.271 e. The molecule has 0 aliphatic carbocycles. The number of halogens is 1. The number of nitro benzene ring substituents is 1. The number of amides is 1. The maximum atomic E-state index is 12.0. The first kappa shape index (κ1) is 15.7. The maximum absolute atomic E-state index is 12.0. The number of rotatable bonds is 4. The normalized spacial score (nSPS) is 19.2. The highest BCUT2D eigenvalue weighted by atomic mass is 35.5. The molecule has 21 heavy (non-hydrogen) atoms. The highest BCUT2D eigenvalue weighted by Gasteiger charge is 2.19. The van der Waals surface area contributed by atoms with Crippen molar-refractivity contribution in [1.82, 2.24) is 4.90 Å². The van der Waals surface area contributed by atoms with Gasteiger partial charge in [-0.2, -0.15) is 0 Å². The molecule has 0 bridgehead atoms. The van der Waals surface area contributed by atoms with Gasteiger partial charge in [-0.1, -0.05) is 18.5 Å². The van der Waals surface area contributed by atoms with Crippen LogP contribution in [0.3, 0.4) is 0 Å². The number of carbonyl (C=O) groups excluding carboxylic acids is 1. The standard InChI is InChI=1S/C14H18ClN3O3/c1-10-3-2-6-17(8-10)9-14(19)16-13-5-4-11(18(20)21)7-12(13)15/h4-5,7,10H,2-3,6,8-9H2,1H3,(H,16,19). The van der Waals surface area contributed by atoms with Crippen LogP contribution in [0, 0.1) is 16.0 Å². The molecule has 1 fully saturated rings. The fraction of sp³-hybridized carbons (Fsp3) is 0.500. The lowest BCUT2D eigenvalue weighted by molar-refractivity contribution is -0.384. The molecular weight excluding hydrogens is 294 g/mol. The van der Waals surface area contributed by atoms with Crippen LogP contribution in [-0.4, -0.2) is 35.4 Å². The van der Waals surface area contributed by atoms with Gasteiger partial charge in [-0.05, 0) is 31.4 Å². The van der Waals surface area contributed by atoms with Crippen molar-refractivity contribution in [3.63, 3.8) is 0 Å². The van der Waals surface area contributed by atoms with Crippen molar-refractivity contribution in [3.05, 3.63) is 33.3 Å². The molecule has 1 aromatic carbocycles. The second-order valence-corrected chi connectivity index (χ2v) is 5.86. The monoisotopic (exact) mass is 311 g/mol. The van der Waals surface area contributed by atoms with E-state index in [9.17, 15) is 14.9 Å². The van der Waals surface area contributed by atoms with E-state index in [-0.39, 0.29) is 16.6 Å². The Morgan fingerprint density at radius 3 is 2.95 bits per heavy atom. The molecule has 7 heteroatoms. The molecule has 1 aliphatic rings. The summed E-state index contributed by atoms with van der Waals surface area (Å²) < 4.78 is 0. The largest absolute Gasteiger partial charge is 0.324 e. The van der Waals surface area contributed by atoms with Gasteiger partial charge in [-0.15, -0.1) is 0 Å². The zero-order valence-electron chi connectivity index (χ0n) is 11.8. The molecule has 0 aromatic heterocycles. The average molecular weight is 312 g/mol. The van der Waals surface area contributed by atoms with Crippen LogP contribution in [0.4, 0.5) is 11.4 Å². The molecule has 1 unspecified atom stereocenters. The van der Waals surface area contributed by atoms with E-state index in [0.717, 1.165) is 19.5 Å². The Morgan fingerprint density at radius 2 is 2.33 bits per heavy atom. The minimum Gasteiger partial charge on any atom is -0.324 e. The van der Waals surface area contributed by atoms with Crippen molar-refractivity contribution in [2.45, 2.75) is 19.8 Å². The molecule has 1 amide bonds. The predicted molar refractivity (Wildman–Crippen MR) is 81.6 cm³/mol. The number of likely N-dealkylation sites (tertiary alicyclic amines) is 1. The van der Waals surface area contributed by atoms with Gasteiger partial charge in [0, 0.05) is 18.7 Å². The molecular formula is C14H18ClN3O3. The number of non-ortho nitro benzene ring substituents is 1. The molecule has 6 nitrogen and oxygen atoms in total. The molecule has 0 saturated carbocycles. The number of nitro groups is 1. The molecule has 0 radical (unpaired) electrons. The lowest BCUT2D eigenvalue weighted by Crippen LogP contribution is -2.39. The van der Waals surface area contributed by atoms with Crippen molar-refractivity contribution < 1.29 is 9.72 Å². The summed E-state index contributed by atoms with van der Waals surface area (Å²) in [5, 5.41) is 13.5. The molecule has 114 valence electrons. The number of carbonyl (C=O) groups is 1. The number of piperidine rings is 1. The van der Waals surface area contributed by atoms with Gasteiger partial charge >= 0.3 is 0 Å². The van der Waals surface area contributed by atoms with E-state index in [2.05, 4.69) is 17.1 Å². The summed E-state index contributed by atoms with van der Waals surface area (Å²) in [4.78, 5) is 24.2. The van der Waals surface area contributed by atoms with Gasteiger partial charge in [0.15, 0.2) is 0 Å². The van der Waals surface area contributed by atoms with Gasteiger partial charge in [0.1, 0.15) is 0 Å². The third-order valence-electron chi connectivity index (χ3n) is 3.55. The summed E-state index contributed by atoms with van der Waals surface area (Å²) in [5.74, 6) is 0.453. The Labute approximate surface area is 128 Å². The summed E-state index contributed by atoms with van der Waals surface area (Å²) in [5.41, 5.74) is 0.306. The van der Waals surface area contributed by atoms with Crippen LogP contribution in [0.1, 0.15) is 19.8 Å². The van der Waals surface area contributed by atoms with E-state index >= 15 is 0 Å². The summed E-state index contributed by atoms with van der Waals surface area (Å²) in [6.45, 7) is 4.34. The SMILES string of the molecule is CC1CCCN(CC(=O)Nc2ccc([N+](=O)[O-])cc2Cl)C1. The van der Waals surface area contributed by atoms with Crippen molar-refractivity contribution in [2.24, 2.45) is 5.92 Å². The highest BCUT2D eigenvalue weighted by molar-refractivity contribution is 6.34. The topological polar surface area (TPSA) is 75.5 Å². The first-order valence-electron chi connectivity index (χ1n) is 6.92. The van der Waals surface area contributed by atoms with Crippen molar-refractivity contribution in [3.8, 4) is 0 Å². The number of hydrogen-bond donors (Lipinski definition) is 1. The third kappa shape index (κ3) is 4.41. The Balaban J connectivity index is 1.94. The lowest BCUT2D eigenvalue weighted by atomic mass is 10.0. The quantitative estimate of drug-likeness (QED) is 0.685. The average Bonchev–Trinajstić information content (AvgIpc) is 2.40. The Kier molecular flexibility index (Phi) is 5.14. The predicted octanol–water partition coefficient (Wildman–Crippen LogP) is 2.92. The van der Waals surface area contributed by atoms with Gasteiger partial charge in [0.2, 0.25) is 5.91 Å². The molecule has 1 heterocycles. The van der Waals surface area contributed by atoms with E-state index in [1.54, 1.807) is 0 Å². The van der Waals surface area contributed by atoms with Crippen molar-refractivity contribution >= 4 is 28.9 Å². The fourth-order valence-corrected chi connectivity index (χ4v) is 2.76. The second kappa shape index (κ2) is 6.87. The molecule has 0 spiro atoms. The fourth-order valence-electron chi connectivity index (χ4n) is 2.54. The third-order valence-corrected chi connectivity index (χ3v) is 3.86. The van der Waals surface area contributed by atoms with Crippen LogP contribution in [0.15, 0.2) is 18.2 Å². The lowest BCUT2D eigenvalue weighted by Gasteiger charge is -2.30. The van der Waals surface area contributed by atoms with Crippen LogP contribution < -0.4 is 5.32 Å². The minimum atomic E-state index is -0.521. The minimum absolute atomic E-state index is 0.0946. The number of hydrogen-bond acceptors (Lipinski definition) is 4. The van der Waals surface area contributed by atoms with Gasteiger partial charge in [0.25, 0.3) is 5.69 Å². The van der Waals surface area contributed by atoms with Crippen molar-refractivity contribution in [2.75, 3.05) is 25.0 Å². The number of anilines is 1. The van der Waals surface area contributed by atoms with Gasteiger partial charge in [0.05, 0.1) is 22.2 Å². The van der Waals surface area contributed by atoms with Gasteiger partial charge in [-0.3, -0.25) is 19.8 Å². The first-order chi connectivity index (χ1) is 9.95. The maximum Gasteiger partial charge on any atom is 0.271 e. The molecule has 1 aliphatic heterocycles. The Bertz CT molecular complexity index is 550. The zero-order chi connectivity index (χ0) is 15.4. The van der Waals surface area contributed by atoms with Crippen LogP contribution >= 0.6 is 11.6 Å². The highest BCUT2D eigenvalue weighted by Crippen LogP contribution is 2.26. The molecule has 1 atom stereocenters. The Hall–Kier alpha value is -1.66. The van der Waals surface area contributed by atoms with E-state index in [1.165, 1.54) is 24.6 Å². The number of nitrogens with zero attached hydrogens (tertiary/aromatic N) is 2. The number of nitrogens with one attached hydrogen (secondary N) is 1. The van der Waals surface area contributed by atoms with E-state index in [0.29, 0.717) is 18.2 Å². The summed E-state index contributed by atoms with van der Waals surface area (Å²) in [6.07, 6.45) is 2.30. The first-order valence-corrected chi connectivity index (χ1v) is 7.29. The zero-order valence-corrected chi connectivity index (χ0v) is 12.6. The number of benzene rings is 1. The van der Waals surface area contributed by atoms with E-state index < -0.39 is 4.92 Å². The van der Waals surface area contributed by atoms with Crippen molar-refractivity contribution in [1.29, 1.82) is 0 Å². The van der Waals surface area contributed by atoms with E-state index in [4.69, 9.17) is 11.6 Å². The van der Waals surface area contributed by atoms with Crippen LogP contribution in [0.25, 0.3) is 0 Å². The summed E-state index contributed by atoms with van der Waals surface area (Å²) in [7, 11) is 0. The van der Waals surface area contributed by atoms with Gasteiger partial charge in [-0.25, -0.2) is 0 Å². The second-order valence-electron chi connectivity index (χ2n) is 5.45. The van der Waals surface area contributed by atoms with Crippen LogP contribution in [-0.2, 0) is 4.79 Å². The molecule has 1 saturated heterocycles. The molecule has 2 rings (SSSR count). The summed E-state index contributed by atoms with van der Waals surface area (Å²) >= 11 is 5.95. The van der Waals surface area contributed by atoms with E-state index in [1.807, 2.05) is 0 Å². The molecule has 1 N–H and O–H groups in total. The van der Waals surface area contributed by atoms with Crippen LogP contribution in [0.2, 0.25) is 5.02 Å². The van der Waals surface area contributed by atoms with Crippen LogP contribution in [0.5, 0.6) is 0 Å². The Morgan fingerprint density at radius 1 is 1.57 bits per heavy atom. The molecule has 1 aromatic rings. The van der Waals surface area contributed by atoms with Gasteiger partial charge < -0.3 is 5.32 Å².